The van der Waals surface area contributed by atoms with Crippen molar-refractivity contribution in [3.8, 4) is 0 Å². The third-order valence-electron chi connectivity index (χ3n) is 1.89. The Labute approximate surface area is 90.4 Å². The zero-order chi connectivity index (χ0) is 11.8. The molecule has 0 aliphatic heterocycles. The lowest BCUT2D eigenvalue weighted by atomic mass is 10.1. The molecule has 0 radical (unpaired) electrons. The zero-order valence-electron chi connectivity index (χ0n) is 9.32. The van der Waals surface area contributed by atoms with Crippen LogP contribution >= 0.6 is 0 Å². The molecule has 4 heteroatoms. The summed E-state index contributed by atoms with van der Waals surface area (Å²) in [5.41, 5.74) is 0. The minimum Gasteiger partial charge on any atom is -0.480 e. The van der Waals surface area contributed by atoms with E-state index in [0.29, 0.717) is 19.3 Å². The molecule has 0 aromatic carbocycles. The Hall–Kier alpha value is -1.32. The number of carbonyl (C=O) groups excluding carboxylic acids is 1. The number of aliphatic carboxylic acids is 1. The molecule has 0 aliphatic carbocycles. The summed E-state index contributed by atoms with van der Waals surface area (Å²) < 4.78 is 0. The first-order valence-electron chi connectivity index (χ1n) is 5.10. The van der Waals surface area contributed by atoms with Gasteiger partial charge in [0.1, 0.15) is 6.04 Å². The van der Waals surface area contributed by atoms with E-state index >= 15 is 0 Å². The van der Waals surface area contributed by atoms with Crippen LogP contribution in [0.15, 0.2) is 12.7 Å². The number of hydrogen-bond donors (Lipinski definition) is 2. The van der Waals surface area contributed by atoms with Gasteiger partial charge in [0, 0.05) is 6.42 Å². The topological polar surface area (TPSA) is 66.4 Å². The van der Waals surface area contributed by atoms with E-state index in [2.05, 4.69) is 11.9 Å². The maximum absolute atomic E-state index is 11.3. The molecule has 0 fully saturated rings. The molecule has 0 aromatic heterocycles. The van der Waals surface area contributed by atoms with E-state index in [1.54, 1.807) is 6.08 Å². The Kier molecular flexibility index (Phi) is 6.42. The second kappa shape index (κ2) is 7.04. The van der Waals surface area contributed by atoms with Crippen LogP contribution in [-0.2, 0) is 9.59 Å². The van der Waals surface area contributed by atoms with Crippen LogP contribution in [-0.4, -0.2) is 23.0 Å². The van der Waals surface area contributed by atoms with E-state index in [-0.39, 0.29) is 11.8 Å². The van der Waals surface area contributed by atoms with Crippen LogP contribution in [0.1, 0.15) is 33.1 Å². The van der Waals surface area contributed by atoms with E-state index in [9.17, 15) is 9.59 Å². The van der Waals surface area contributed by atoms with Gasteiger partial charge in [-0.3, -0.25) is 4.79 Å². The monoisotopic (exact) mass is 213 g/mol. The van der Waals surface area contributed by atoms with Crippen LogP contribution in [0.3, 0.4) is 0 Å². The second-order valence-corrected chi connectivity index (χ2v) is 3.92. The van der Waals surface area contributed by atoms with Gasteiger partial charge in [-0.25, -0.2) is 4.79 Å². The summed E-state index contributed by atoms with van der Waals surface area (Å²) in [5, 5.41) is 11.3. The van der Waals surface area contributed by atoms with Crippen LogP contribution < -0.4 is 5.32 Å². The highest BCUT2D eigenvalue weighted by molar-refractivity contribution is 5.83. The number of carboxylic acid groups (broad SMARTS) is 1. The van der Waals surface area contributed by atoms with E-state index in [0.717, 1.165) is 0 Å². The first-order valence-corrected chi connectivity index (χ1v) is 5.10. The van der Waals surface area contributed by atoms with Crippen molar-refractivity contribution in [1.82, 2.24) is 5.32 Å². The molecule has 1 amide bonds. The molecule has 0 saturated carbocycles. The van der Waals surface area contributed by atoms with Crippen molar-refractivity contribution in [2.45, 2.75) is 39.2 Å². The number of nitrogens with one attached hydrogen (secondary N) is 1. The van der Waals surface area contributed by atoms with E-state index in [1.807, 2.05) is 13.8 Å². The van der Waals surface area contributed by atoms with Gasteiger partial charge in [0.2, 0.25) is 5.91 Å². The third-order valence-corrected chi connectivity index (χ3v) is 1.89. The van der Waals surface area contributed by atoms with Crippen molar-refractivity contribution in [2.24, 2.45) is 5.92 Å². The average Bonchev–Trinajstić information content (AvgIpc) is 2.10. The largest absolute Gasteiger partial charge is 0.480 e. The Balaban J connectivity index is 4.09. The third kappa shape index (κ3) is 6.71. The van der Waals surface area contributed by atoms with Crippen molar-refractivity contribution < 1.29 is 14.7 Å². The molecule has 15 heavy (non-hydrogen) atoms. The maximum atomic E-state index is 11.3. The number of carboxylic acids is 1. The fourth-order valence-electron chi connectivity index (χ4n) is 1.17. The van der Waals surface area contributed by atoms with Gasteiger partial charge in [-0.2, -0.15) is 0 Å². The molecular formula is C11H19NO3. The van der Waals surface area contributed by atoms with Crippen molar-refractivity contribution in [2.75, 3.05) is 0 Å². The number of allylic oxidation sites excluding steroid dienone is 1. The van der Waals surface area contributed by atoms with Gasteiger partial charge in [0.25, 0.3) is 0 Å². The molecule has 0 saturated heterocycles. The molecule has 0 rings (SSSR count). The van der Waals surface area contributed by atoms with Crippen molar-refractivity contribution in [3.05, 3.63) is 12.7 Å². The van der Waals surface area contributed by atoms with Gasteiger partial charge in [0.05, 0.1) is 0 Å². The van der Waals surface area contributed by atoms with Crippen molar-refractivity contribution in [3.63, 3.8) is 0 Å². The lowest BCUT2D eigenvalue weighted by molar-refractivity contribution is -0.142. The van der Waals surface area contributed by atoms with Crippen LogP contribution in [0, 0.1) is 5.92 Å². The summed E-state index contributed by atoms with van der Waals surface area (Å²) in [6.07, 6.45) is 2.98. The molecule has 0 heterocycles. The molecule has 0 bridgehead atoms. The summed E-state index contributed by atoms with van der Waals surface area (Å²) in [7, 11) is 0. The highest BCUT2D eigenvalue weighted by Gasteiger charge is 2.18. The minimum atomic E-state index is -0.992. The first-order chi connectivity index (χ1) is 6.97. The first kappa shape index (κ1) is 13.7. The quantitative estimate of drug-likeness (QED) is 0.631. The highest BCUT2D eigenvalue weighted by Crippen LogP contribution is 2.02. The SMILES string of the molecule is C=CCC[C@H](NC(=O)CC(C)C)C(=O)O. The van der Waals surface area contributed by atoms with Gasteiger partial charge in [-0.1, -0.05) is 19.9 Å². The number of hydrogen-bond acceptors (Lipinski definition) is 2. The van der Waals surface area contributed by atoms with E-state index in [4.69, 9.17) is 5.11 Å². The Morgan fingerprint density at radius 2 is 2.07 bits per heavy atom. The predicted octanol–water partition coefficient (Wildman–Crippen LogP) is 1.57. The number of amides is 1. The Morgan fingerprint density at radius 1 is 1.47 bits per heavy atom. The van der Waals surface area contributed by atoms with Crippen LogP contribution in [0.2, 0.25) is 0 Å². The fourth-order valence-corrected chi connectivity index (χ4v) is 1.17. The zero-order valence-corrected chi connectivity index (χ0v) is 9.32. The van der Waals surface area contributed by atoms with E-state index in [1.165, 1.54) is 0 Å². The lowest BCUT2D eigenvalue weighted by Gasteiger charge is -2.14. The fraction of sp³-hybridized carbons (Fsp3) is 0.636. The molecule has 0 unspecified atom stereocenters. The summed E-state index contributed by atoms with van der Waals surface area (Å²) in [6, 6.07) is -0.797. The van der Waals surface area contributed by atoms with Gasteiger partial charge < -0.3 is 10.4 Å². The van der Waals surface area contributed by atoms with Crippen LogP contribution in [0.25, 0.3) is 0 Å². The smallest absolute Gasteiger partial charge is 0.326 e. The van der Waals surface area contributed by atoms with Crippen LogP contribution in [0.4, 0.5) is 0 Å². The highest BCUT2D eigenvalue weighted by atomic mass is 16.4. The molecule has 0 spiro atoms. The summed E-state index contributed by atoms with van der Waals surface area (Å²) in [4.78, 5) is 22.1. The number of rotatable bonds is 7. The molecule has 0 aromatic rings. The van der Waals surface area contributed by atoms with Crippen LogP contribution in [0.5, 0.6) is 0 Å². The number of carbonyl (C=O) groups is 2. The van der Waals surface area contributed by atoms with Gasteiger partial charge >= 0.3 is 5.97 Å². The Bertz CT molecular complexity index is 236. The molecular weight excluding hydrogens is 194 g/mol. The predicted molar refractivity (Wildman–Crippen MR) is 58.5 cm³/mol. The van der Waals surface area contributed by atoms with Crippen molar-refractivity contribution in [1.29, 1.82) is 0 Å². The van der Waals surface area contributed by atoms with E-state index < -0.39 is 12.0 Å². The lowest BCUT2D eigenvalue weighted by Crippen LogP contribution is -2.41. The molecule has 4 nitrogen and oxygen atoms in total. The molecule has 1 atom stereocenters. The molecule has 2 N–H and O–H groups in total. The summed E-state index contributed by atoms with van der Waals surface area (Å²) in [5.74, 6) is -0.964. The maximum Gasteiger partial charge on any atom is 0.326 e. The molecule has 86 valence electrons. The standard InChI is InChI=1S/C11H19NO3/c1-4-5-6-9(11(14)15)12-10(13)7-8(2)3/h4,8-9H,1,5-7H2,2-3H3,(H,12,13)(H,14,15)/t9-/m0/s1. The summed E-state index contributed by atoms with van der Waals surface area (Å²) >= 11 is 0. The van der Waals surface area contributed by atoms with Gasteiger partial charge in [-0.05, 0) is 18.8 Å². The second-order valence-electron chi connectivity index (χ2n) is 3.92. The molecule has 0 aliphatic rings. The summed E-state index contributed by atoms with van der Waals surface area (Å²) in [6.45, 7) is 7.35. The van der Waals surface area contributed by atoms with Gasteiger partial charge in [-0.15, -0.1) is 6.58 Å². The Morgan fingerprint density at radius 3 is 2.47 bits per heavy atom. The van der Waals surface area contributed by atoms with Crippen molar-refractivity contribution >= 4 is 11.9 Å². The average molecular weight is 213 g/mol. The normalized spacial score (nSPS) is 12.2. The van der Waals surface area contributed by atoms with Gasteiger partial charge in [0.15, 0.2) is 0 Å². The minimum absolute atomic E-state index is 0.207.